The van der Waals surface area contributed by atoms with Gasteiger partial charge in [-0.25, -0.2) is 0 Å². The average Bonchev–Trinajstić information content (AvgIpc) is 3.31. The van der Waals surface area contributed by atoms with Crippen LogP contribution in [0.1, 0.15) is 31.2 Å². The van der Waals surface area contributed by atoms with Crippen molar-refractivity contribution in [1.82, 2.24) is 9.80 Å². The van der Waals surface area contributed by atoms with Gasteiger partial charge in [-0.15, -0.1) is 0 Å². The van der Waals surface area contributed by atoms with Crippen LogP contribution in [0.5, 0.6) is 5.75 Å². The van der Waals surface area contributed by atoms with Crippen LogP contribution in [-0.4, -0.2) is 59.1 Å². The van der Waals surface area contributed by atoms with E-state index in [-0.39, 0.29) is 12.5 Å². The lowest BCUT2D eigenvalue weighted by Gasteiger charge is -2.27. The van der Waals surface area contributed by atoms with Crippen LogP contribution in [0, 0.1) is 0 Å². The summed E-state index contributed by atoms with van der Waals surface area (Å²) < 4.78 is 5.16. The van der Waals surface area contributed by atoms with Gasteiger partial charge in [-0.1, -0.05) is 12.1 Å². The number of rotatable bonds is 7. The third-order valence-electron chi connectivity index (χ3n) is 4.81. The molecule has 1 atom stereocenters. The molecule has 1 saturated carbocycles. The Labute approximate surface area is 142 Å². The first-order valence-electron chi connectivity index (χ1n) is 8.47. The van der Waals surface area contributed by atoms with Crippen LogP contribution in [0.4, 0.5) is 0 Å². The van der Waals surface area contributed by atoms with Crippen molar-refractivity contribution in [3.05, 3.63) is 29.8 Å². The average molecular weight is 332 g/mol. The number of nitrogens with zero attached hydrogens (tertiary/aromatic N) is 2. The molecule has 1 aromatic rings. The highest BCUT2D eigenvalue weighted by Gasteiger charge is 2.36. The molecule has 6 heteroatoms. The summed E-state index contributed by atoms with van der Waals surface area (Å²) >= 11 is 0. The number of ether oxygens (including phenoxy) is 1. The number of amides is 1. The standard InChI is InChI=1S/C18H24N2O4/c1-24-15-8-4-13(5-9-15)11-20(14-6-7-14)17(21)12-19-10-2-3-16(19)18(22)23/h4-5,8-9,14,16H,2-3,6-7,10-12H2,1H3,(H,22,23)/t16-/m0/s1. The predicted molar refractivity (Wildman–Crippen MR) is 88.8 cm³/mol. The van der Waals surface area contributed by atoms with Crippen LogP contribution in [0.15, 0.2) is 24.3 Å². The van der Waals surface area contributed by atoms with E-state index in [9.17, 15) is 14.7 Å². The van der Waals surface area contributed by atoms with E-state index in [1.54, 1.807) is 12.0 Å². The predicted octanol–water partition coefficient (Wildman–Crippen LogP) is 1.74. The minimum absolute atomic E-state index is 0.0291. The van der Waals surface area contributed by atoms with Gasteiger partial charge in [0.25, 0.3) is 0 Å². The first kappa shape index (κ1) is 16.8. The Kier molecular flexibility index (Phi) is 5.04. The summed E-state index contributed by atoms with van der Waals surface area (Å²) in [6.45, 7) is 1.45. The zero-order valence-electron chi connectivity index (χ0n) is 14.0. The van der Waals surface area contributed by atoms with E-state index < -0.39 is 12.0 Å². The maximum Gasteiger partial charge on any atom is 0.320 e. The molecule has 1 saturated heterocycles. The number of methoxy groups -OCH3 is 1. The van der Waals surface area contributed by atoms with E-state index in [1.807, 2.05) is 29.2 Å². The number of benzene rings is 1. The summed E-state index contributed by atoms with van der Waals surface area (Å²) in [5, 5.41) is 9.26. The van der Waals surface area contributed by atoms with Gasteiger partial charge in [-0.2, -0.15) is 0 Å². The van der Waals surface area contributed by atoms with Crippen LogP contribution in [-0.2, 0) is 16.1 Å². The second kappa shape index (κ2) is 7.21. The van der Waals surface area contributed by atoms with E-state index in [0.717, 1.165) is 30.6 Å². The van der Waals surface area contributed by atoms with E-state index in [0.29, 0.717) is 25.6 Å². The fraction of sp³-hybridized carbons (Fsp3) is 0.556. The zero-order chi connectivity index (χ0) is 17.1. The first-order valence-corrected chi connectivity index (χ1v) is 8.47. The number of carboxylic acid groups (broad SMARTS) is 1. The maximum absolute atomic E-state index is 12.7. The van der Waals surface area contributed by atoms with Gasteiger partial charge in [0.2, 0.25) is 5.91 Å². The van der Waals surface area contributed by atoms with Gasteiger partial charge in [-0.05, 0) is 49.9 Å². The van der Waals surface area contributed by atoms with Crippen molar-refractivity contribution in [1.29, 1.82) is 0 Å². The number of aliphatic carboxylic acids is 1. The minimum Gasteiger partial charge on any atom is -0.497 e. The number of carboxylic acids is 1. The van der Waals surface area contributed by atoms with Crippen LogP contribution in [0.25, 0.3) is 0 Å². The Balaban J connectivity index is 1.64. The van der Waals surface area contributed by atoms with Crippen molar-refractivity contribution in [2.45, 2.75) is 44.3 Å². The van der Waals surface area contributed by atoms with E-state index >= 15 is 0 Å². The third kappa shape index (κ3) is 3.87. The molecular weight excluding hydrogens is 308 g/mol. The second-order valence-corrected chi connectivity index (χ2v) is 6.57. The van der Waals surface area contributed by atoms with Gasteiger partial charge < -0.3 is 14.7 Å². The molecule has 2 fully saturated rings. The summed E-state index contributed by atoms with van der Waals surface area (Å²) in [6.07, 6.45) is 3.53. The molecule has 0 spiro atoms. The Bertz CT molecular complexity index is 598. The summed E-state index contributed by atoms with van der Waals surface area (Å²) in [6, 6.07) is 7.51. The number of carbonyl (C=O) groups is 2. The molecule has 0 radical (unpaired) electrons. The normalized spacial score (nSPS) is 20.8. The molecule has 24 heavy (non-hydrogen) atoms. The topological polar surface area (TPSA) is 70.1 Å². The summed E-state index contributed by atoms with van der Waals surface area (Å²) in [4.78, 5) is 27.7. The van der Waals surface area contributed by atoms with Gasteiger partial charge in [-0.3, -0.25) is 14.5 Å². The van der Waals surface area contributed by atoms with Gasteiger partial charge >= 0.3 is 5.97 Å². The smallest absolute Gasteiger partial charge is 0.320 e. The number of likely N-dealkylation sites (tertiary alicyclic amines) is 1. The quantitative estimate of drug-likeness (QED) is 0.823. The number of hydrogen-bond donors (Lipinski definition) is 1. The van der Waals surface area contributed by atoms with Gasteiger partial charge in [0.15, 0.2) is 0 Å². The van der Waals surface area contributed by atoms with E-state index in [4.69, 9.17) is 4.74 Å². The fourth-order valence-electron chi connectivity index (χ4n) is 3.29. The highest BCUT2D eigenvalue weighted by molar-refractivity contribution is 5.81. The molecule has 0 unspecified atom stereocenters. The minimum atomic E-state index is -0.826. The Morgan fingerprint density at radius 1 is 1.25 bits per heavy atom. The second-order valence-electron chi connectivity index (χ2n) is 6.57. The molecule has 1 aliphatic heterocycles. The first-order chi connectivity index (χ1) is 11.6. The number of carbonyl (C=O) groups excluding carboxylic acids is 1. The summed E-state index contributed by atoms with van der Waals surface area (Å²) in [5.74, 6) is -0.000639. The Morgan fingerprint density at radius 3 is 2.54 bits per heavy atom. The molecule has 1 N–H and O–H groups in total. The maximum atomic E-state index is 12.7. The third-order valence-corrected chi connectivity index (χ3v) is 4.81. The molecule has 1 aromatic carbocycles. The summed E-state index contributed by atoms with van der Waals surface area (Å²) in [5.41, 5.74) is 1.06. The molecule has 2 aliphatic rings. The lowest BCUT2D eigenvalue weighted by molar-refractivity contribution is -0.143. The van der Waals surface area contributed by atoms with Crippen LogP contribution >= 0.6 is 0 Å². The molecule has 1 aliphatic carbocycles. The van der Waals surface area contributed by atoms with Gasteiger partial charge in [0.1, 0.15) is 11.8 Å². The number of hydrogen-bond acceptors (Lipinski definition) is 4. The van der Waals surface area contributed by atoms with Crippen LogP contribution in [0.3, 0.4) is 0 Å². The Hall–Kier alpha value is -2.08. The summed E-state index contributed by atoms with van der Waals surface area (Å²) in [7, 11) is 1.63. The molecule has 0 aromatic heterocycles. The monoisotopic (exact) mass is 332 g/mol. The van der Waals surface area contributed by atoms with E-state index in [1.165, 1.54) is 0 Å². The van der Waals surface area contributed by atoms with Gasteiger partial charge in [0, 0.05) is 12.6 Å². The molecule has 130 valence electrons. The van der Waals surface area contributed by atoms with Crippen molar-refractivity contribution >= 4 is 11.9 Å². The largest absolute Gasteiger partial charge is 0.497 e. The molecular formula is C18H24N2O4. The highest BCUT2D eigenvalue weighted by atomic mass is 16.5. The van der Waals surface area contributed by atoms with Crippen molar-refractivity contribution in [2.24, 2.45) is 0 Å². The van der Waals surface area contributed by atoms with Gasteiger partial charge in [0.05, 0.1) is 13.7 Å². The SMILES string of the molecule is COc1ccc(CN(C(=O)CN2CCC[C@H]2C(=O)O)C2CC2)cc1. The lowest BCUT2D eigenvalue weighted by atomic mass is 10.2. The van der Waals surface area contributed by atoms with Crippen LogP contribution in [0.2, 0.25) is 0 Å². The van der Waals surface area contributed by atoms with Crippen LogP contribution < -0.4 is 4.74 Å². The van der Waals surface area contributed by atoms with Crippen molar-refractivity contribution in [3.8, 4) is 5.75 Å². The molecule has 6 nitrogen and oxygen atoms in total. The highest BCUT2D eigenvalue weighted by Crippen LogP contribution is 2.29. The van der Waals surface area contributed by atoms with Crippen molar-refractivity contribution in [2.75, 3.05) is 20.2 Å². The fourth-order valence-corrected chi connectivity index (χ4v) is 3.29. The molecule has 1 heterocycles. The molecule has 1 amide bonds. The molecule has 0 bridgehead atoms. The lowest BCUT2D eigenvalue weighted by Crippen LogP contribution is -2.45. The zero-order valence-corrected chi connectivity index (χ0v) is 14.0. The van der Waals surface area contributed by atoms with Crippen molar-refractivity contribution < 1.29 is 19.4 Å². The molecule has 3 rings (SSSR count). The van der Waals surface area contributed by atoms with E-state index in [2.05, 4.69) is 0 Å². The Morgan fingerprint density at radius 2 is 1.96 bits per heavy atom. The van der Waals surface area contributed by atoms with Crippen molar-refractivity contribution in [3.63, 3.8) is 0 Å².